The van der Waals surface area contributed by atoms with Crippen LogP contribution in [-0.2, 0) is 9.84 Å². The fourth-order valence-electron chi connectivity index (χ4n) is 2.04. The van der Waals surface area contributed by atoms with Crippen molar-refractivity contribution in [2.45, 2.75) is 31.7 Å². The SMILES string of the molecule is CCC(c1ccccc1)C(N)CCS(C)(=O)=O. The van der Waals surface area contributed by atoms with E-state index >= 15 is 0 Å². The summed E-state index contributed by atoms with van der Waals surface area (Å²) in [5, 5.41) is 0. The van der Waals surface area contributed by atoms with Crippen LogP contribution in [0.2, 0.25) is 0 Å². The Balaban J connectivity index is 2.68. The first-order valence-electron chi connectivity index (χ1n) is 5.92. The van der Waals surface area contributed by atoms with Gasteiger partial charge in [-0.05, 0) is 24.3 Å². The Kier molecular flexibility index (Phi) is 5.15. The molecule has 0 amide bonds. The molecule has 0 saturated heterocycles. The topological polar surface area (TPSA) is 60.2 Å². The van der Waals surface area contributed by atoms with E-state index in [-0.39, 0.29) is 17.7 Å². The van der Waals surface area contributed by atoms with Crippen LogP contribution in [-0.4, -0.2) is 26.5 Å². The van der Waals surface area contributed by atoms with Gasteiger partial charge < -0.3 is 5.73 Å². The summed E-state index contributed by atoms with van der Waals surface area (Å²) in [5.41, 5.74) is 7.29. The van der Waals surface area contributed by atoms with Gasteiger partial charge in [0.1, 0.15) is 9.84 Å². The van der Waals surface area contributed by atoms with Crippen LogP contribution in [0, 0.1) is 0 Å². The molecule has 96 valence electrons. The predicted molar refractivity (Wildman–Crippen MR) is 71.8 cm³/mol. The Hall–Kier alpha value is -0.870. The molecule has 0 aromatic heterocycles. The molecule has 0 aliphatic rings. The quantitative estimate of drug-likeness (QED) is 0.845. The molecule has 2 atom stereocenters. The molecule has 4 heteroatoms. The first-order chi connectivity index (χ1) is 7.94. The molecule has 0 aliphatic carbocycles. The maximum atomic E-state index is 11.1. The Morgan fingerprint density at radius 3 is 2.29 bits per heavy atom. The molecule has 0 bridgehead atoms. The van der Waals surface area contributed by atoms with Gasteiger partial charge in [-0.25, -0.2) is 8.42 Å². The van der Waals surface area contributed by atoms with E-state index in [1.165, 1.54) is 11.8 Å². The van der Waals surface area contributed by atoms with Crippen LogP contribution in [0.4, 0.5) is 0 Å². The first kappa shape index (κ1) is 14.2. The van der Waals surface area contributed by atoms with E-state index < -0.39 is 9.84 Å². The standard InChI is InChI=1S/C13H21NO2S/c1-3-12(11-7-5-4-6-8-11)13(14)9-10-17(2,15)16/h4-8,12-13H,3,9-10,14H2,1-2H3. The Labute approximate surface area is 104 Å². The second-order valence-corrected chi connectivity index (χ2v) is 6.77. The zero-order valence-corrected chi connectivity index (χ0v) is 11.3. The van der Waals surface area contributed by atoms with Crippen LogP contribution in [0.15, 0.2) is 30.3 Å². The van der Waals surface area contributed by atoms with Crippen molar-refractivity contribution in [1.82, 2.24) is 0 Å². The summed E-state index contributed by atoms with van der Waals surface area (Å²) < 4.78 is 22.3. The molecule has 0 saturated carbocycles. The molecule has 0 heterocycles. The van der Waals surface area contributed by atoms with Crippen molar-refractivity contribution in [3.05, 3.63) is 35.9 Å². The van der Waals surface area contributed by atoms with Crippen LogP contribution in [0.1, 0.15) is 31.2 Å². The van der Waals surface area contributed by atoms with Crippen molar-refractivity contribution < 1.29 is 8.42 Å². The smallest absolute Gasteiger partial charge is 0.147 e. The molecular formula is C13H21NO2S. The fourth-order valence-corrected chi connectivity index (χ4v) is 2.74. The minimum atomic E-state index is -2.92. The molecular weight excluding hydrogens is 234 g/mol. The van der Waals surface area contributed by atoms with Crippen LogP contribution < -0.4 is 5.73 Å². The number of hydrogen-bond acceptors (Lipinski definition) is 3. The van der Waals surface area contributed by atoms with E-state index in [1.54, 1.807) is 0 Å². The van der Waals surface area contributed by atoms with Gasteiger partial charge in [0.25, 0.3) is 0 Å². The third kappa shape index (κ3) is 4.88. The largest absolute Gasteiger partial charge is 0.327 e. The van der Waals surface area contributed by atoms with E-state index in [4.69, 9.17) is 5.73 Å². The lowest BCUT2D eigenvalue weighted by atomic mass is 9.88. The third-order valence-corrected chi connectivity index (χ3v) is 3.98. The molecule has 1 rings (SSSR count). The summed E-state index contributed by atoms with van der Waals surface area (Å²) in [7, 11) is -2.92. The van der Waals surface area contributed by atoms with Gasteiger partial charge in [-0.3, -0.25) is 0 Å². The van der Waals surface area contributed by atoms with Gasteiger partial charge in [-0.2, -0.15) is 0 Å². The van der Waals surface area contributed by atoms with Gasteiger partial charge in [0.2, 0.25) is 0 Å². The average molecular weight is 255 g/mol. The fraction of sp³-hybridized carbons (Fsp3) is 0.538. The summed E-state index contributed by atoms with van der Waals surface area (Å²) in [6.45, 7) is 2.08. The number of nitrogens with two attached hydrogens (primary N) is 1. The lowest BCUT2D eigenvalue weighted by molar-refractivity contribution is 0.501. The molecule has 2 N–H and O–H groups in total. The van der Waals surface area contributed by atoms with Crippen molar-refractivity contribution in [2.24, 2.45) is 5.73 Å². The Morgan fingerprint density at radius 2 is 1.82 bits per heavy atom. The second-order valence-electron chi connectivity index (χ2n) is 4.51. The van der Waals surface area contributed by atoms with E-state index in [9.17, 15) is 8.42 Å². The molecule has 1 aromatic carbocycles. The van der Waals surface area contributed by atoms with E-state index in [0.29, 0.717) is 6.42 Å². The lowest BCUT2D eigenvalue weighted by Gasteiger charge is -2.22. The van der Waals surface area contributed by atoms with Crippen LogP contribution in [0.25, 0.3) is 0 Å². The van der Waals surface area contributed by atoms with E-state index in [2.05, 4.69) is 19.1 Å². The summed E-state index contributed by atoms with van der Waals surface area (Å²) >= 11 is 0. The zero-order valence-electron chi connectivity index (χ0n) is 10.5. The van der Waals surface area contributed by atoms with Crippen molar-refractivity contribution in [3.8, 4) is 0 Å². The summed E-state index contributed by atoms with van der Waals surface area (Å²) in [6, 6.07) is 9.95. The highest BCUT2D eigenvalue weighted by molar-refractivity contribution is 7.90. The van der Waals surface area contributed by atoms with Crippen LogP contribution in [0.3, 0.4) is 0 Å². The number of hydrogen-bond donors (Lipinski definition) is 1. The molecule has 1 aromatic rings. The molecule has 0 radical (unpaired) electrons. The monoisotopic (exact) mass is 255 g/mol. The first-order valence-corrected chi connectivity index (χ1v) is 7.98. The highest BCUT2D eigenvalue weighted by Gasteiger charge is 2.19. The van der Waals surface area contributed by atoms with Crippen molar-refractivity contribution in [3.63, 3.8) is 0 Å². The Morgan fingerprint density at radius 1 is 1.24 bits per heavy atom. The molecule has 0 fully saturated rings. The van der Waals surface area contributed by atoms with Crippen LogP contribution >= 0.6 is 0 Å². The molecule has 0 spiro atoms. The molecule has 2 unspecified atom stereocenters. The van der Waals surface area contributed by atoms with Gasteiger partial charge in [0, 0.05) is 12.3 Å². The minimum Gasteiger partial charge on any atom is -0.327 e. The number of benzene rings is 1. The summed E-state index contributed by atoms with van der Waals surface area (Å²) in [5.74, 6) is 0.398. The van der Waals surface area contributed by atoms with Crippen molar-refractivity contribution >= 4 is 9.84 Å². The molecule has 0 aliphatic heterocycles. The molecule has 3 nitrogen and oxygen atoms in total. The summed E-state index contributed by atoms with van der Waals surface area (Å²) in [6.07, 6.45) is 2.70. The van der Waals surface area contributed by atoms with Crippen molar-refractivity contribution in [1.29, 1.82) is 0 Å². The Bertz CT molecular complexity index is 428. The van der Waals surface area contributed by atoms with Gasteiger partial charge in [-0.15, -0.1) is 0 Å². The highest BCUT2D eigenvalue weighted by atomic mass is 32.2. The van der Waals surface area contributed by atoms with Gasteiger partial charge in [0.05, 0.1) is 5.75 Å². The maximum Gasteiger partial charge on any atom is 0.147 e. The van der Waals surface area contributed by atoms with Gasteiger partial charge in [-0.1, -0.05) is 37.3 Å². The number of rotatable bonds is 6. The third-order valence-electron chi connectivity index (χ3n) is 3.01. The van der Waals surface area contributed by atoms with Crippen LogP contribution in [0.5, 0.6) is 0 Å². The maximum absolute atomic E-state index is 11.1. The minimum absolute atomic E-state index is 0.0999. The van der Waals surface area contributed by atoms with Gasteiger partial charge >= 0.3 is 0 Å². The predicted octanol–water partition coefficient (Wildman–Crippen LogP) is 1.94. The normalized spacial score (nSPS) is 15.5. The van der Waals surface area contributed by atoms with E-state index in [1.807, 2.05) is 18.2 Å². The average Bonchev–Trinajstić information content (AvgIpc) is 2.28. The van der Waals surface area contributed by atoms with Gasteiger partial charge in [0.15, 0.2) is 0 Å². The van der Waals surface area contributed by atoms with Crippen molar-refractivity contribution in [2.75, 3.05) is 12.0 Å². The lowest BCUT2D eigenvalue weighted by Crippen LogP contribution is -2.30. The zero-order chi connectivity index (χ0) is 12.9. The van der Waals surface area contributed by atoms with E-state index in [0.717, 1.165) is 6.42 Å². The number of sulfone groups is 1. The summed E-state index contributed by atoms with van der Waals surface area (Å²) in [4.78, 5) is 0. The highest BCUT2D eigenvalue weighted by Crippen LogP contribution is 2.23. The molecule has 17 heavy (non-hydrogen) atoms. The second kappa shape index (κ2) is 6.17.